The van der Waals surface area contributed by atoms with Crippen LogP contribution < -0.4 is 11.1 Å². The van der Waals surface area contributed by atoms with Crippen LogP contribution in [0.15, 0.2) is 24.9 Å². The van der Waals surface area contributed by atoms with Crippen molar-refractivity contribution in [2.45, 2.75) is 18.9 Å². The van der Waals surface area contributed by atoms with Gasteiger partial charge >= 0.3 is 0 Å². The summed E-state index contributed by atoms with van der Waals surface area (Å²) in [5.74, 6) is -0.0847. The molecular formula is C11H15N3O. The molecule has 4 nitrogen and oxygen atoms in total. The topological polar surface area (TPSA) is 60.1 Å². The smallest absolute Gasteiger partial charge is 0.268 e. The van der Waals surface area contributed by atoms with Crippen LogP contribution in [-0.4, -0.2) is 17.0 Å². The summed E-state index contributed by atoms with van der Waals surface area (Å²) in [7, 11) is 0. The van der Waals surface area contributed by atoms with Gasteiger partial charge in [0, 0.05) is 18.8 Å². The molecule has 0 spiro atoms. The Labute approximate surface area is 88.8 Å². The molecule has 3 N–H and O–H groups in total. The van der Waals surface area contributed by atoms with Crippen molar-refractivity contribution in [3.63, 3.8) is 0 Å². The lowest BCUT2D eigenvalue weighted by Gasteiger charge is -2.06. The number of nitrogens with one attached hydrogen (secondary N) is 1. The Morgan fingerprint density at radius 2 is 2.47 bits per heavy atom. The zero-order valence-corrected chi connectivity index (χ0v) is 8.57. The molecule has 0 unspecified atom stereocenters. The van der Waals surface area contributed by atoms with Gasteiger partial charge in [0.15, 0.2) is 0 Å². The molecule has 0 saturated heterocycles. The maximum atomic E-state index is 11.7. The first-order chi connectivity index (χ1) is 7.22. The molecule has 0 bridgehead atoms. The summed E-state index contributed by atoms with van der Waals surface area (Å²) in [5.41, 5.74) is 6.98. The van der Waals surface area contributed by atoms with Crippen molar-refractivity contribution < 1.29 is 4.79 Å². The number of amides is 1. The van der Waals surface area contributed by atoms with Crippen LogP contribution in [0, 0.1) is 0 Å². The third-order valence-electron chi connectivity index (χ3n) is 2.45. The summed E-state index contributed by atoms with van der Waals surface area (Å²) >= 11 is 0. The molecule has 1 amide bonds. The average molecular weight is 205 g/mol. The molecule has 0 atom stereocenters. The Morgan fingerprint density at radius 1 is 1.73 bits per heavy atom. The average Bonchev–Trinajstić information content (AvgIpc) is 2.98. The number of hydrogen-bond donors (Lipinski definition) is 2. The second kappa shape index (κ2) is 3.81. The highest BCUT2D eigenvalue weighted by molar-refractivity contribution is 5.94. The minimum absolute atomic E-state index is 0.0847. The minimum Gasteiger partial charge on any atom is -0.397 e. The summed E-state index contributed by atoms with van der Waals surface area (Å²) in [6.45, 7) is 4.04. The number of nitrogen functional groups attached to an aromatic ring is 1. The van der Waals surface area contributed by atoms with Gasteiger partial charge in [-0.2, -0.15) is 0 Å². The van der Waals surface area contributed by atoms with Gasteiger partial charge in [0.2, 0.25) is 0 Å². The Balaban J connectivity index is 2.18. The lowest BCUT2D eigenvalue weighted by atomic mass is 10.3. The van der Waals surface area contributed by atoms with Gasteiger partial charge in [-0.1, -0.05) is 6.08 Å². The summed E-state index contributed by atoms with van der Waals surface area (Å²) < 4.78 is 1.97. The van der Waals surface area contributed by atoms with E-state index in [-0.39, 0.29) is 5.91 Å². The SMILES string of the molecule is C=CCNC(=O)c1cc(N)cn1C1CC1. The first kappa shape index (κ1) is 9.83. The van der Waals surface area contributed by atoms with Crippen LogP contribution in [0.1, 0.15) is 29.4 Å². The molecule has 0 radical (unpaired) electrons. The van der Waals surface area contributed by atoms with Crippen molar-refractivity contribution in [3.05, 3.63) is 30.6 Å². The lowest BCUT2D eigenvalue weighted by Crippen LogP contribution is -2.25. The first-order valence-corrected chi connectivity index (χ1v) is 5.09. The Bertz CT molecular complexity index is 391. The number of rotatable bonds is 4. The van der Waals surface area contributed by atoms with E-state index in [0.717, 1.165) is 12.8 Å². The molecule has 2 rings (SSSR count). The van der Waals surface area contributed by atoms with Crippen LogP contribution in [0.4, 0.5) is 5.69 Å². The fraction of sp³-hybridized carbons (Fsp3) is 0.364. The third-order valence-corrected chi connectivity index (χ3v) is 2.45. The third kappa shape index (κ3) is 2.03. The van der Waals surface area contributed by atoms with Gasteiger partial charge in [0.25, 0.3) is 5.91 Å². The van der Waals surface area contributed by atoms with Crippen LogP contribution in [0.3, 0.4) is 0 Å². The summed E-state index contributed by atoms with van der Waals surface area (Å²) in [5, 5.41) is 2.75. The molecule has 1 aliphatic carbocycles. The summed E-state index contributed by atoms with van der Waals surface area (Å²) in [6.07, 6.45) is 5.76. The standard InChI is InChI=1S/C11H15N3O/c1-2-5-13-11(15)10-6-8(12)7-14(10)9-3-4-9/h2,6-7,9H,1,3-5,12H2,(H,13,15). The van der Waals surface area contributed by atoms with Crippen molar-refractivity contribution in [1.82, 2.24) is 9.88 Å². The Morgan fingerprint density at radius 3 is 3.07 bits per heavy atom. The van der Waals surface area contributed by atoms with E-state index in [1.807, 2.05) is 10.8 Å². The van der Waals surface area contributed by atoms with Gasteiger partial charge in [-0.15, -0.1) is 6.58 Å². The Hall–Kier alpha value is -1.71. The van der Waals surface area contributed by atoms with Crippen molar-refractivity contribution >= 4 is 11.6 Å². The van der Waals surface area contributed by atoms with E-state index in [9.17, 15) is 4.79 Å². The largest absolute Gasteiger partial charge is 0.397 e. The van der Waals surface area contributed by atoms with Gasteiger partial charge in [-0.3, -0.25) is 4.79 Å². The van der Waals surface area contributed by atoms with Gasteiger partial charge in [0.1, 0.15) is 5.69 Å². The highest BCUT2D eigenvalue weighted by Gasteiger charge is 2.27. The molecule has 80 valence electrons. The first-order valence-electron chi connectivity index (χ1n) is 5.09. The minimum atomic E-state index is -0.0847. The number of nitrogens with two attached hydrogens (primary N) is 1. The highest BCUT2D eigenvalue weighted by Crippen LogP contribution is 2.37. The number of anilines is 1. The summed E-state index contributed by atoms with van der Waals surface area (Å²) in [4.78, 5) is 11.7. The van der Waals surface area contributed by atoms with E-state index >= 15 is 0 Å². The molecule has 1 aromatic rings. The Kier molecular flexibility index (Phi) is 2.49. The van der Waals surface area contributed by atoms with E-state index in [2.05, 4.69) is 11.9 Å². The molecule has 1 aliphatic rings. The van der Waals surface area contributed by atoms with Gasteiger partial charge in [0.05, 0.1) is 5.69 Å². The number of carbonyl (C=O) groups excluding carboxylic acids is 1. The number of hydrogen-bond acceptors (Lipinski definition) is 2. The van der Waals surface area contributed by atoms with Gasteiger partial charge in [-0.05, 0) is 18.9 Å². The lowest BCUT2D eigenvalue weighted by molar-refractivity contribution is 0.0948. The maximum Gasteiger partial charge on any atom is 0.268 e. The second-order valence-electron chi connectivity index (χ2n) is 3.80. The van der Waals surface area contributed by atoms with Crippen LogP contribution in [0.2, 0.25) is 0 Å². The van der Waals surface area contributed by atoms with Crippen LogP contribution in [0.5, 0.6) is 0 Å². The predicted molar refractivity (Wildman–Crippen MR) is 59.6 cm³/mol. The zero-order valence-electron chi connectivity index (χ0n) is 8.57. The molecule has 0 aromatic carbocycles. The molecule has 1 heterocycles. The molecule has 1 fully saturated rings. The molecular weight excluding hydrogens is 190 g/mol. The highest BCUT2D eigenvalue weighted by atomic mass is 16.1. The summed E-state index contributed by atoms with van der Waals surface area (Å²) in [6, 6.07) is 2.18. The van der Waals surface area contributed by atoms with E-state index in [4.69, 9.17) is 5.73 Å². The van der Waals surface area contributed by atoms with Crippen molar-refractivity contribution in [2.24, 2.45) is 0 Å². The molecule has 4 heteroatoms. The molecule has 15 heavy (non-hydrogen) atoms. The van der Waals surface area contributed by atoms with Crippen LogP contribution in [-0.2, 0) is 0 Å². The molecule has 1 saturated carbocycles. The number of nitrogens with zero attached hydrogens (tertiary/aromatic N) is 1. The monoisotopic (exact) mass is 205 g/mol. The second-order valence-corrected chi connectivity index (χ2v) is 3.80. The number of carbonyl (C=O) groups is 1. The fourth-order valence-corrected chi connectivity index (χ4v) is 1.59. The van der Waals surface area contributed by atoms with Crippen molar-refractivity contribution in [2.75, 3.05) is 12.3 Å². The fourth-order valence-electron chi connectivity index (χ4n) is 1.59. The zero-order chi connectivity index (χ0) is 10.8. The van der Waals surface area contributed by atoms with Crippen molar-refractivity contribution in [3.8, 4) is 0 Å². The quantitative estimate of drug-likeness (QED) is 0.728. The molecule has 0 aliphatic heterocycles. The predicted octanol–water partition coefficient (Wildman–Crippen LogP) is 1.32. The van der Waals surface area contributed by atoms with E-state index in [1.54, 1.807) is 12.1 Å². The maximum absolute atomic E-state index is 11.7. The van der Waals surface area contributed by atoms with Crippen LogP contribution >= 0.6 is 0 Å². The van der Waals surface area contributed by atoms with E-state index < -0.39 is 0 Å². The normalized spacial score (nSPS) is 14.9. The van der Waals surface area contributed by atoms with Gasteiger partial charge in [-0.25, -0.2) is 0 Å². The van der Waals surface area contributed by atoms with Gasteiger partial charge < -0.3 is 15.6 Å². The molecule has 1 aromatic heterocycles. The van der Waals surface area contributed by atoms with E-state index in [1.165, 1.54) is 0 Å². The van der Waals surface area contributed by atoms with E-state index in [0.29, 0.717) is 24.0 Å². The van der Waals surface area contributed by atoms with Crippen LogP contribution in [0.25, 0.3) is 0 Å². The number of aromatic nitrogens is 1. The van der Waals surface area contributed by atoms with Crippen molar-refractivity contribution in [1.29, 1.82) is 0 Å².